The van der Waals surface area contributed by atoms with E-state index in [9.17, 15) is 10.1 Å². The van der Waals surface area contributed by atoms with Gasteiger partial charge in [-0.3, -0.25) is 10.1 Å². The molecule has 2 aromatic carbocycles. The second-order valence-corrected chi connectivity index (χ2v) is 3.54. The highest BCUT2D eigenvalue weighted by Gasteiger charge is 2.04. The van der Waals surface area contributed by atoms with Crippen molar-refractivity contribution >= 4 is 22.7 Å². The van der Waals surface area contributed by atoms with Gasteiger partial charge in [0, 0.05) is 12.1 Å². The van der Waals surface area contributed by atoms with Gasteiger partial charge in [-0.15, -0.1) is 5.11 Å². The number of para-hydroxylation sites is 1. The van der Waals surface area contributed by atoms with Crippen molar-refractivity contribution in [3.8, 4) is 0 Å². The Kier molecular flexibility index (Phi) is 3.29. The average molecular weight is 242 g/mol. The first-order valence-corrected chi connectivity index (χ1v) is 5.17. The lowest BCUT2D eigenvalue weighted by atomic mass is 10.3. The number of anilines is 1. The largest absolute Gasteiger partial charge is 0.397 e. The summed E-state index contributed by atoms with van der Waals surface area (Å²) in [6.07, 6.45) is 0. The van der Waals surface area contributed by atoms with Crippen LogP contribution in [0.3, 0.4) is 0 Å². The maximum absolute atomic E-state index is 10.6. The SMILES string of the molecule is Nc1ccccc1/N=N/c1cccc([N+](=O)[O-])c1. The van der Waals surface area contributed by atoms with E-state index >= 15 is 0 Å². The Morgan fingerprint density at radius 2 is 1.83 bits per heavy atom. The smallest absolute Gasteiger partial charge is 0.271 e. The standard InChI is InChI=1S/C12H10N4O2/c13-11-6-1-2-7-12(11)15-14-9-4-3-5-10(8-9)16(17)18/h1-8H,13H2/b15-14+. The molecule has 0 bridgehead atoms. The number of benzene rings is 2. The molecule has 0 unspecified atom stereocenters. The molecule has 90 valence electrons. The summed E-state index contributed by atoms with van der Waals surface area (Å²) in [7, 11) is 0. The fraction of sp³-hybridized carbons (Fsp3) is 0. The van der Waals surface area contributed by atoms with Crippen LogP contribution in [0.4, 0.5) is 22.7 Å². The Labute approximate surface area is 103 Å². The predicted octanol–water partition coefficient (Wildman–Crippen LogP) is 3.59. The Hall–Kier alpha value is -2.76. The first-order chi connectivity index (χ1) is 8.66. The predicted molar refractivity (Wildman–Crippen MR) is 68.1 cm³/mol. The van der Waals surface area contributed by atoms with E-state index in [1.165, 1.54) is 12.1 Å². The van der Waals surface area contributed by atoms with Gasteiger partial charge in [0.1, 0.15) is 5.69 Å². The van der Waals surface area contributed by atoms with Gasteiger partial charge in [-0.1, -0.05) is 18.2 Å². The molecule has 0 heterocycles. The molecule has 0 aliphatic rings. The molecule has 6 nitrogen and oxygen atoms in total. The average Bonchev–Trinajstić information content (AvgIpc) is 2.38. The maximum Gasteiger partial charge on any atom is 0.271 e. The Morgan fingerprint density at radius 3 is 2.56 bits per heavy atom. The van der Waals surface area contributed by atoms with Crippen LogP contribution in [0.5, 0.6) is 0 Å². The number of nitro benzene ring substituents is 1. The molecule has 2 aromatic rings. The van der Waals surface area contributed by atoms with E-state index in [1.54, 1.807) is 36.4 Å². The van der Waals surface area contributed by atoms with Gasteiger partial charge < -0.3 is 5.73 Å². The topological polar surface area (TPSA) is 93.9 Å². The summed E-state index contributed by atoms with van der Waals surface area (Å²) in [6, 6.07) is 13.0. The van der Waals surface area contributed by atoms with E-state index in [0.29, 0.717) is 17.1 Å². The number of non-ortho nitro benzene ring substituents is 1. The molecule has 0 aromatic heterocycles. The number of hydrogen-bond acceptors (Lipinski definition) is 5. The van der Waals surface area contributed by atoms with Crippen molar-refractivity contribution in [2.75, 3.05) is 5.73 Å². The van der Waals surface area contributed by atoms with Crippen molar-refractivity contribution in [3.63, 3.8) is 0 Å². The number of nitrogen functional groups attached to an aromatic ring is 1. The van der Waals surface area contributed by atoms with E-state index in [1.807, 2.05) is 0 Å². The molecular formula is C12H10N4O2. The molecule has 0 aliphatic heterocycles. The number of rotatable bonds is 3. The monoisotopic (exact) mass is 242 g/mol. The summed E-state index contributed by atoms with van der Waals surface area (Å²) in [6.45, 7) is 0. The molecular weight excluding hydrogens is 232 g/mol. The van der Waals surface area contributed by atoms with Crippen LogP contribution in [0, 0.1) is 10.1 Å². The molecule has 0 spiro atoms. The normalized spacial score (nSPS) is 10.7. The molecule has 0 fully saturated rings. The lowest BCUT2D eigenvalue weighted by Gasteiger charge is -1.97. The van der Waals surface area contributed by atoms with Gasteiger partial charge in [0.25, 0.3) is 5.69 Å². The van der Waals surface area contributed by atoms with Crippen LogP contribution < -0.4 is 5.73 Å². The zero-order chi connectivity index (χ0) is 13.0. The minimum absolute atomic E-state index is 0.0208. The number of nitro groups is 1. The molecule has 2 N–H and O–H groups in total. The van der Waals surface area contributed by atoms with Gasteiger partial charge in [0.2, 0.25) is 0 Å². The van der Waals surface area contributed by atoms with Crippen molar-refractivity contribution in [1.82, 2.24) is 0 Å². The zero-order valence-corrected chi connectivity index (χ0v) is 9.35. The summed E-state index contributed by atoms with van der Waals surface area (Å²) < 4.78 is 0. The third-order valence-electron chi connectivity index (χ3n) is 2.25. The van der Waals surface area contributed by atoms with Crippen LogP contribution in [-0.2, 0) is 0 Å². The fourth-order valence-corrected chi connectivity index (χ4v) is 1.36. The summed E-state index contributed by atoms with van der Waals surface area (Å²) in [4.78, 5) is 10.1. The molecule has 2 rings (SSSR count). The molecule has 6 heteroatoms. The molecule has 0 atom stereocenters. The van der Waals surface area contributed by atoms with Crippen LogP contribution in [0.15, 0.2) is 58.8 Å². The van der Waals surface area contributed by atoms with E-state index < -0.39 is 4.92 Å². The van der Waals surface area contributed by atoms with Crippen molar-refractivity contribution in [1.29, 1.82) is 0 Å². The Bertz CT molecular complexity index is 611. The second-order valence-electron chi connectivity index (χ2n) is 3.54. The first kappa shape index (κ1) is 11.7. The van der Waals surface area contributed by atoms with Gasteiger partial charge in [0.15, 0.2) is 0 Å². The summed E-state index contributed by atoms with van der Waals surface area (Å²) in [5.41, 5.74) is 7.13. The highest BCUT2D eigenvalue weighted by molar-refractivity contribution is 5.61. The molecule has 0 radical (unpaired) electrons. The van der Waals surface area contributed by atoms with Gasteiger partial charge in [-0.05, 0) is 18.2 Å². The summed E-state index contributed by atoms with van der Waals surface area (Å²) >= 11 is 0. The minimum atomic E-state index is -0.476. The fourth-order valence-electron chi connectivity index (χ4n) is 1.36. The van der Waals surface area contributed by atoms with Crippen molar-refractivity contribution < 1.29 is 4.92 Å². The zero-order valence-electron chi connectivity index (χ0n) is 9.35. The summed E-state index contributed by atoms with van der Waals surface area (Å²) in [5, 5.41) is 18.5. The molecule has 0 saturated heterocycles. The highest BCUT2D eigenvalue weighted by atomic mass is 16.6. The number of nitrogens with zero attached hydrogens (tertiary/aromatic N) is 3. The van der Waals surface area contributed by atoms with Crippen LogP contribution in [0.1, 0.15) is 0 Å². The highest BCUT2D eigenvalue weighted by Crippen LogP contribution is 2.25. The van der Waals surface area contributed by atoms with E-state index in [2.05, 4.69) is 10.2 Å². The number of nitrogens with two attached hydrogens (primary N) is 1. The van der Waals surface area contributed by atoms with E-state index in [4.69, 9.17) is 5.73 Å². The van der Waals surface area contributed by atoms with Gasteiger partial charge in [-0.25, -0.2) is 0 Å². The van der Waals surface area contributed by atoms with Crippen molar-refractivity contribution in [3.05, 3.63) is 58.6 Å². The van der Waals surface area contributed by atoms with Crippen molar-refractivity contribution in [2.45, 2.75) is 0 Å². The van der Waals surface area contributed by atoms with Crippen LogP contribution in [-0.4, -0.2) is 4.92 Å². The minimum Gasteiger partial charge on any atom is -0.397 e. The maximum atomic E-state index is 10.6. The molecule has 0 saturated carbocycles. The van der Waals surface area contributed by atoms with Gasteiger partial charge in [-0.2, -0.15) is 5.11 Å². The van der Waals surface area contributed by atoms with E-state index in [0.717, 1.165) is 0 Å². The van der Waals surface area contributed by atoms with Crippen LogP contribution in [0.25, 0.3) is 0 Å². The Balaban J connectivity index is 2.27. The quantitative estimate of drug-likeness (QED) is 0.385. The molecule has 0 amide bonds. The van der Waals surface area contributed by atoms with Gasteiger partial charge in [0.05, 0.1) is 16.3 Å². The molecule has 18 heavy (non-hydrogen) atoms. The number of azo groups is 1. The molecule has 0 aliphatic carbocycles. The van der Waals surface area contributed by atoms with Crippen LogP contribution in [0.2, 0.25) is 0 Å². The second kappa shape index (κ2) is 5.05. The lowest BCUT2D eigenvalue weighted by molar-refractivity contribution is -0.384. The first-order valence-electron chi connectivity index (χ1n) is 5.17. The summed E-state index contributed by atoms with van der Waals surface area (Å²) in [5.74, 6) is 0. The lowest BCUT2D eigenvalue weighted by Crippen LogP contribution is -1.85. The van der Waals surface area contributed by atoms with E-state index in [-0.39, 0.29) is 5.69 Å². The third kappa shape index (κ3) is 2.67. The Morgan fingerprint density at radius 1 is 1.06 bits per heavy atom. The number of hydrogen-bond donors (Lipinski definition) is 1. The van der Waals surface area contributed by atoms with Crippen molar-refractivity contribution in [2.24, 2.45) is 10.2 Å². The van der Waals surface area contributed by atoms with Crippen LogP contribution >= 0.6 is 0 Å². The third-order valence-corrected chi connectivity index (χ3v) is 2.25. The van der Waals surface area contributed by atoms with Gasteiger partial charge >= 0.3 is 0 Å².